The molecule has 4 heteroatoms. The van der Waals surface area contributed by atoms with Crippen LogP contribution in [0.5, 0.6) is 0 Å². The van der Waals surface area contributed by atoms with Gasteiger partial charge >= 0.3 is 0 Å². The molecule has 1 amide bonds. The molecular formula is C11H24N2O2. The third-order valence-electron chi connectivity index (χ3n) is 2.02. The first-order valence-electron chi connectivity index (χ1n) is 5.38. The molecule has 90 valence electrons. The van der Waals surface area contributed by atoms with E-state index in [0.717, 1.165) is 19.6 Å². The fraction of sp³-hybridized carbons (Fsp3) is 0.909. The molecule has 0 aliphatic rings. The summed E-state index contributed by atoms with van der Waals surface area (Å²) >= 11 is 0. The quantitative estimate of drug-likeness (QED) is 0.627. The number of likely N-dealkylation sites (N-methyl/N-ethyl adjacent to an activating group) is 1. The second-order valence-electron chi connectivity index (χ2n) is 4.47. The zero-order valence-electron chi connectivity index (χ0n) is 10.6. The minimum atomic E-state index is 0.0769. The van der Waals surface area contributed by atoms with Crippen molar-refractivity contribution in [2.45, 2.75) is 13.8 Å². The fourth-order valence-corrected chi connectivity index (χ4v) is 1.29. The molecular weight excluding hydrogens is 192 g/mol. The molecule has 0 radical (unpaired) electrons. The third-order valence-corrected chi connectivity index (χ3v) is 2.02. The fourth-order valence-electron chi connectivity index (χ4n) is 1.29. The van der Waals surface area contributed by atoms with E-state index in [-0.39, 0.29) is 12.5 Å². The average molecular weight is 216 g/mol. The van der Waals surface area contributed by atoms with E-state index in [1.807, 2.05) is 19.0 Å². The molecule has 4 nitrogen and oxygen atoms in total. The van der Waals surface area contributed by atoms with Crippen molar-refractivity contribution < 1.29 is 9.53 Å². The molecule has 0 saturated carbocycles. The molecule has 0 aromatic heterocycles. The molecule has 0 heterocycles. The van der Waals surface area contributed by atoms with Gasteiger partial charge in [0.25, 0.3) is 0 Å². The molecule has 0 bridgehead atoms. The molecule has 15 heavy (non-hydrogen) atoms. The Balaban J connectivity index is 4.11. The number of rotatable bonds is 7. The first-order chi connectivity index (χ1) is 6.97. The Morgan fingerprint density at radius 2 is 1.87 bits per heavy atom. The van der Waals surface area contributed by atoms with Gasteiger partial charge in [0, 0.05) is 26.7 Å². The average Bonchev–Trinajstić information content (AvgIpc) is 2.11. The third kappa shape index (κ3) is 7.33. The molecule has 0 fully saturated rings. The Hall–Kier alpha value is -0.610. The standard InChI is InChI=1S/C11H24N2O2/c1-10(2)8-13(7-6-12(3)4)11(14)9-15-5/h10H,6-9H2,1-5H3. The highest BCUT2D eigenvalue weighted by Gasteiger charge is 2.14. The first-order valence-corrected chi connectivity index (χ1v) is 5.38. The van der Waals surface area contributed by atoms with Crippen LogP contribution in [0, 0.1) is 5.92 Å². The number of carbonyl (C=O) groups is 1. The summed E-state index contributed by atoms with van der Waals surface area (Å²) in [7, 11) is 5.57. The van der Waals surface area contributed by atoms with Crippen LogP contribution in [0.25, 0.3) is 0 Å². The lowest BCUT2D eigenvalue weighted by atomic mass is 10.2. The van der Waals surface area contributed by atoms with Crippen LogP contribution in [0.15, 0.2) is 0 Å². The molecule has 0 unspecified atom stereocenters. The molecule has 0 spiro atoms. The summed E-state index contributed by atoms with van der Waals surface area (Å²) in [6.07, 6.45) is 0. The van der Waals surface area contributed by atoms with Crippen molar-refractivity contribution in [2.75, 3.05) is 47.4 Å². The van der Waals surface area contributed by atoms with Gasteiger partial charge in [-0.15, -0.1) is 0 Å². The number of ether oxygens (including phenoxy) is 1. The Labute approximate surface area is 93.2 Å². The van der Waals surface area contributed by atoms with Crippen molar-refractivity contribution in [2.24, 2.45) is 5.92 Å². The maximum atomic E-state index is 11.7. The zero-order valence-corrected chi connectivity index (χ0v) is 10.6. The Kier molecular flexibility index (Phi) is 7.34. The second kappa shape index (κ2) is 7.65. The van der Waals surface area contributed by atoms with Crippen LogP contribution >= 0.6 is 0 Å². The summed E-state index contributed by atoms with van der Waals surface area (Å²) in [6.45, 7) is 6.87. The van der Waals surface area contributed by atoms with Crippen LogP contribution in [-0.4, -0.2) is 63.2 Å². The van der Waals surface area contributed by atoms with E-state index in [9.17, 15) is 4.79 Å². The van der Waals surface area contributed by atoms with E-state index in [0.29, 0.717) is 5.92 Å². The van der Waals surface area contributed by atoms with Crippen LogP contribution < -0.4 is 0 Å². The van der Waals surface area contributed by atoms with E-state index < -0.39 is 0 Å². The maximum Gasteiger partial charge on any atom is 0.248 e. The van der Waals surface area contributed by atoms with Crippen LogP contribution in [0.2, 0.25) is 0 Å². The number of hydrogen-bond acceptors (Lipinski definition) is 3. The van der Waals surface area contributed by atoms with Crippen molar-refractivity contribution in [3.8, 4) is 0 Å². The Morgan fingerprint density at radius 3 is 2.27 bits per heavy atom. The molecule has 0 aromatic rings. The Bertz CT molecular complexity index is 181. The van der Waals surface area contributed by atoms with Gasteiger partial charge in [-0.25, -0.2) is 0 Å². The number of nitrogens with zero attached hydrogens (tertiary/aromatic N) is 2. The van der Waals surface area contributed by atoms with Crippen LogP contribution in [0.1, 0.15) is 13.8 Å². The van der Waals surface area contributed by atoms with Gasteiger partial charge in [0.1, 0.15) is 6.61 Å². The maximum absolute atomic E-state index is 11.7. The minimum Gasteiger partial charge on any atom is -0.375 e. The number of methoxy groups -OCH3 is 1. The molecule has 0 aliphatic carbocycles. The van der Waals surface area contributed by atoms with Gasteiger partial charge in [0.15, 0.2) is 0 Å². The predicted octanol–water partition coefficient (Wildman–Crippen LogP) is 0.679. The molecule has 0 N–H and O–H groups in total. The van der Waals surface area contributed by atoms with Crippen molar-refractivity contribution in [1.29, 1.82) is 0 Å². The van der Waals surface area contributed by atoms with Gasteiger partial charge in [0.2, 0.25) is 5.91 Å². The van der Waals surface area contributed by atoms with E-state index in [4.69, 9.17) is 4.74 Å². The van der Waals surface area contributed by atoms with E-state index in [1.165, 1.54) is 0 Å². The summed E-state index contributed by atoms with van der Waals surface area (Å²) in [5.41, 5.74) is 0. The van der Waals surface area contributed by atoms with Crippen LogP contribution in [-0.2, 0) is 9.53 Å². The highest BCUT2D eigenvalue weighted by Crippen LogP contribution is 1.99. The molecule has 0 aromatic carbocycles. The molecule has 0 rings (SSSR count). The summed E-state index contributed by atoms with van der Waals surface area (Å²) in [5, 5.41) is 0. The second-order valence-corrected chi connectivity index (χ2v) is 4.47. The predicted molar refractivity (Wildman–Crippen MR) is 61.8 cm³/mol. The lowest BCUT2D eigenvalue weighted by Gasteiger charge is -2.25. The van der Waals surface area contributed by atoms with Crippen molar-refractivity contribution in [1.82, 2.24) is 9.80 Å². The monoisotopic (exact) mass is 216 g/mol. The Morgan fingerprint density at radius 1 is 1.27 bits per heavy atom. The largest absolute Gasteiger partial charge is 0.375 e. The lowest BCUT2D eigenvalue weighted by Crippen LogP contribution is -2.40. The smallest absolute Gasteiger partial charge is 0.248 e. The van der Waals surface area contributed by atoms with Crippen molar-refractivity contribution >= 4 is 5.91 Å². The lowest BCUT2D eigenvalue weighted by molar-refractivity contribution is -0.135. The molecule has 0 aliphatic heterocycles. The number of carbonyl (C=O) groups excluding carboxylic acids is 1. The summed E-state index contributed by atoms with van der Waals surface area (Å²) in [6, 6.07) is 0. The van der Waals surface area contributed by atoms with Gasteiger partial charge in [-0.3, -0.25) is 4.79 Å². The zero-order chi connectivity index (χ0) is 11.8. The highest BCUT2D eigenvalue weighted by atomic mass is 16.5. The highest BCUT2D eigenvalue weighted by molar-refractivity contribution is 5.77. The van der Waals surface area contributed by atoms with Gasteiger partial charge in [-0.05, 0) is 20.0 Å². The van der Waals surface area contributed by atoms with Gasteiger partial charge in [-0.1, -0.05) is 13.8 Å². The van der Waals surface area contributed by atoms with Crippen LogP contribution in [0.4, 0.5) is 0 Å². The topological polar surface area (TPSA) is 32.8 Å². The van der Waals surface area contributed by atoms with Crippen molar-refractivity contribution in [3.63, 3.8) is 0 Å². The van der Waals surface area contributed by atoms with Gasteiger partial charge < -0.3 is 14.5 Å². The normalized spacial score (nSPS) is 11.1. The van der Waals surface area contributed by atoms with Crippen LogP contribution in [0.3, 0.4) is 0 Å². The number of amides is 1. The van der Waals surface area contributed by atoms with E-state index in [1.54, 1.807) is 7.11 Å². The minimum absolute atomic E-state index is 0.0769. The van der Waals surface area contributed by atoms with E-state index in [2.05, 4.69) is 18.7 Å². The van der Waals surface area contributed by atoms with E-state index >= 15 is 0 Å². The summed E-state index contributed by atoms with van der Waals surface area (Å²) < 4.78 is 4.87. The van der Waals surface area contributed by atoms with Crippen molar-refractivity contribution in [3.05, 3.63) is 0 Å². The van der Waals surface area contributed by atoms with Gasteiger partial charge in [-0.2, -0.15) is 0 Å². The summed E-state index contributed by atoms with van der Waals surface area (Å²) in [5.74, 6) is 0.570. The SMILES string of the molecule is COCC(=O)N(CCN(C)C)CC(C)C. The number of hydrogen-bond donors (Lipinski definition) is 0. The summed E-state index contributed by atoms with van der Waals surface area (Å²) in [4.78, 5) is 15.6. The van der Waals surface area contributed by atoms with Gasteiger partial charge in [0.05, 0.1) is 0 Å². The molecule has 0 atom stereocenters. The molecule has 0 saturated heterocycles. The first kappa shape index (κ1) is 14.4.